The predicted octanol–water partition coefficient (Wildman–Crippen LogP) is 2.70. The van der Waals surface area contributed by atoms with Crippen molar-refractivity contribution < 1.29 is 19.0 Å². The molecule has 1 aliphatic heterocycles. The lowest BCUT2D eigenvalue weighted by Gasteiger charge is -2.16. The van der Waals surface area contributed by atoms with E-state index in [0.717, 1.165) is 11.3 Å². The molecule has 0 aliphatic carbocycles. The molecule has 9 heteroatoms. The SMILES string of the molecule is CC(O)C#Cc1ccc2c(c1)-c1nc(C(N)=O)sc1C(C)(F)CO2.c1cncnc1. The Morgan fingerprint density at radius 2 is 2.13 bits per heavy atom. The lowest BCUT2D eigenvalue weighted by atomic mass is 10.0. The van der Waals surface area contributed by atoms with E-state index in [0.29, 0.717) is 27.4 Å². The average molecular weight is 426 g/mol. The Morgan fingerprint density at radius 1 is 1.40 bits per heavy atom. The second-order valence-electron chi connectivity index (χ2n) is 6.61. The van der Waals surface area contributed by atoms with Gasteiger partial charge >= 0.3 is 0 Å². The number of carbonyl (C=O) groups excluding carboxylic acids is 1. The van der Waals surface area contributed by atoms with Gasteiger partial charge in [-0.25, -0.2) is 19.3 Å². The number of thiazole rings is 1. The minimum atomic E-state index is -1.79. The van der Waals surface area contributed by atoms with Crippen molar-refractivity contribution in [1.29, 1.82) is 0 Å². The minimum absolute atomic E-state index is 0.0530. The zero-order chi connectivity index (χ0) is 21.7. The number of hydrogen-bond donors (Lipinski definition) is 2. The van der Waals surface area contributed by atoms with Crippen molar-refractivity contribution in [3.8, 4) is 28.8 Å². The molecule has 0 spiro atoms. The van der Waals surface area contributed by atoms with Crippen molar-refractivity contribution in [1.82, 2.24) is 15.0 Å². The number of alkyl halides is 1. The summed E-state index contributed by atoms with van der Waals surface area (Å²) in [6.45, 7) is 2.76. The Morgan fingerprint density at radius 3 is 2.70 bits per heavy atom. The summed E-state index contributed by atoms with van der Waals surface area (Å²) in [4.78, 5) is 23.3. The topological polar surface area (TPSA) is 111 Å². The maximum absolute atomic E-state index is 15.0. The van der Waals surface area contributed by atoms with Gasteiger partial charge in [-0.15, -0.1) is 11.3 Å². The number of benzene rings is 1. The molecule has 7 nitrogen and oxygen atoms in total. The summed E-state index contributed by atoms with van der Waals surface area (Å²) >= 11 is 0.935. The maximum Gasteiger partial charge on any atom is 0.277 e. The van der Waals surface area contributed by atoms with Gasteiger partial charge in [-0.3, -0.25) is 4.79 Å². The molecule has 2 aromatic heterocycles. The van der Waals surface area contributed by atoms with Crippen molar-refractivity contribution in [3.63, 3.8) is 0 Å². The Kier molecular flexibility index (Phi) is 6.40. The van der Waals surface area contributed by atoms with Crippen molar-refractivity contribution in [2.75, 3.05) is 6.61 Å². The van der Waals surface area contributed by atoms with Crippen LogP contribution in [0.4, 0.5) is 4.39 Å². The molecule has 1 aromatic carbocycles. The molecular formula is C21H19FN4O3S. The molecular weight excluding hydrogens is 407 g/mol. The van der Waals surface area contributed by atoms with Crippen LogP contribution in [0.2, 0.25) is 0 Å². The number of ether oxygens (including phenoxy) is 1. The van der Waals surface area contributed by atoms with Gasteiger partial charge in [0.2, 0.25) is 0 Å². The zero-order valence-corrected chi connectivity index (χ0v) is 17.1. The van der Waals surface area contributed by atoms with E-state index in [4.69, 9.17) is 10.5 Å². The first-order valence-electron chi connectivity index (χ1n) is 8.95. The van der Waals surface area contributed by atoms with Crippen LogP contribution in [0.1, 0.15) is 34.1 Å². The molecule has 2 unspecified atom stereocenters. The number of nitrogens with zero attached hydrogens (tertiary/aromatic N) is 3. The molecule has 30 heavy (non-hydrogen) atoms. The fourth-order valence-corrected chi connectivity index (χ4v) is 3.55. The summed E-state index contributed by atoms with van der Waals surface area (Å²) in [6.07, 6.45) is 4.12. The summed E-state index contributed by atoms with van der Waals surface area (Å²) in [5.74, 6) is 5.24. The molecule has 0 fully saturated rings. The minimum Gasteiger partial charge on any atom is -0.489 e. The van der Waals surface area contributed by atoms with E-state index in [1.54, 1.807) is 43.6 Å². The summed E-state index contributed by atoms with van der Waals surface area (Å²) in [5.41, 5.74) is 5.02. The van der Waals surface area contributed by atoms with Crippen LogP contribution >= 0.6 is 11.3 Å². The average Bonchev–Trinajstić information content (AvgIpc) is 3.16. The normalized spacial score (nSPS) is 17.5. The van der Waals surface area contributed by atoms with Gasteiger partial charge in [0.15, 0.2) is 10.7 Å². The number of aliphatic hydroxyl groups excluding tert-OH is 1. The number of primary amides is 1. The second kappa shape index (κ2) is 8.98. The van der Waals surface area contributed by atoms with Gasteiger partial charge < -0.3 is 15.6 Å². The van der Waals surface area contributed by atoms with Gasteiger partial charge in [-0.2, -0.15) is 0 Å². The molecule has 4 rings (SSSR count). The van der Waals surface area contributed by atoms with Crippen LogP contribution in [0.3, 0.4) is 0 Å². The molecule has 0 bridgehead atoms. The third-order valence-corrected chi connectivity index (χ3v) is 5.26. The first kappa shape index (κ1) is 21.4. The zero-order valence-electron chi connectivity index (χ0n) is 16.3. The van der Waals surface area contributed by atoms with Crippen molar-refractivity contribution in [2.45, 2.75) is 25.6 Å². The predicted molar refractivity (Wildman–Crippen MR) is 111 cm³/mol. The van der Waals surface area contributed by atoms with Crippen LogP contribution in [-0.2, 0) is 5.67 Å². The molecule has 3 heterocycles. The Labute approximate surface area is 176 Å². The van der Waals surface area contributed by atoms with Gasteiger partial charge in [-0.1, -0.05) is 11.8 Å². The smallest absolute Gasteiger partial charge is 0.277 e. The number of aliphatic hydroxyl groups is 1. The van der Waals surface area contributed by atoms with Crippen molar-refractivity contribution >= 4 is 17.2 Å². The highest BCUT2D eigenvalue weighted by atomic mass is 32.1. The summed E-state index contributed by atoms with van der Waals surface area (Å²) in [6, 6.07) is 6.88. The maximum atomic E-state index is 15.0. The highest BCUT2D eigenvalue weighted by Crippen LogP contribution is 2.45. The van der Waals surface area contributed by atoms with Gasteiger partial charge in [0.25, 0.3) is 5.91 Å². The first-order chi connectivity index (χ1) is 14.3. The number of rotatable bonds is 1. The van der Waals surface area contributed by atoms with Gasteiger partial charge in [-0.05, 0) is 38.1 Å². The van der Waals surface area contributed by atoms with Crippen LogP contribution in [0.15, 0.2) is 43.0 Å². The first-order valence-corrected chi connectivity index (χ1v) is 9.76. The quantitative estimate of drug-likeness (QED) is 0.579. The number of aromatic nitrogens is 3. The number of amides is 1. The van der Waals surface area contributed by atoms with Crippen LogP contribution in [0.25, 0.3) is 11.3 Å². The van der Waals surface area contributed by atoms with Gasteiger partial charge in [0.05, 0.1) is 10.6 Å². The fraction of sp³-hybridized carbons (Fsp3) is 0.238. The Balaban J connectivity index is 0.000000367. The molecule has 0 radical (unpaired) electrons. The Bertz CT molecular complexity index is 1080. The molecule has 154 valence electrons. The van der Waals surface area contributed by atoms with Crippen LogP contribution in [0.5, 0.6) is 5.75 Å². The van der Waals surface area contributed by atoms with E-state index < -0.39 is 17.7 Å². The van der Waals surface area contributed by atoms with E-state index in [-0.39, 0.29) is 11.6 Å². The highest BCUT2D eigenvalue weighted by molar-refractivity contribution is 7.14. The van der Waals surface area contributed by atoms with E-state index in [1.807, 2.05) is 0 Å². The molecule has 3 N–H and O–H groups in total. The standard InChI is InChI=1S/C17H15FN2O3S.C4H4N2/c1-9(21)3-4-10-5-6-12-11(7-10)13-14(17(2,18)8-23-12)24-16(20-13)15(19)22;1-2-5-4-6-3-1/h5-7,9,21H,8H2,1-2H3,(H2,19,22);1-4H. The van der Waals surface area contributed by atoms with Crippen molar-refractivity contribution in [2.24, 2.45) is 5.73 Å². The summed E-state index contributed by atoms with van der Waals surface area (Å²) < 4.78 is 20.5. The van der Waals surface area contributed by atoms with E-state index in [2.05, 4.69) is 26.8 Å². The van der Waals surface area contributed by atoms with Gasteiger partial charge in [0.1, 0.15) is 24.8 Å². The molecule has 1 amide bonds. The number of fused-ring (bicyclic) bond motifs is 3. The molecule has 0 saturated carbocycles. The van der Waals surface area contributed by atoms with E-state index in [9.17, 15) is 14.3 Å². The lowest BCUT2D eigenvalue weighted by molar-refractivity contribution is 0.1000. The van der Waals surface area contributed by atoms with E-state index >= 15 is 0 Å². The summed E-state index contributed by atoms with van der Waals surface area (Å²) in [7, 11) is 0. The monoisotopic (exact) mass is 426 g/mol. The number of nitrogens with two attached hydrogens (primary N) is 1. The van der Waals surface area contributed by atoms with Crippen LogP contribution in [-0.4, -0.2) is 38.7 Å². The Hall–Kier alpha value is -3.35. The van der Waals surface area contributed by atoms with Crippen molar-refractivity contribution in [3.05, 3.63) is 58.4 Å². The molecule has 3 aromatic rings. The molecule has 1 aliphatic rings. The molecule has 2 atom stereocenters. The fourth-order valence-electron chi connectivity index (χ4n) is 2.60. The highest BCUT2D eigenvalue weighted by Gasteiger charge is 2.38. The van der Waals surface area contributed by atoms with E-state index in [1.165, 1.54) is 13.3 Å². The number of carbonyl (C=O) groups is 1. The summed E-state index contributed by atoms with van der Waals surface area (Å²) in [5, 5.41) is 9.33. The number of hydrogen-bond acceptors (Lipinski definition) is 7. The lowest BCUT2D eigenvalue weighted by Crippen LogP contribution is -2.22. The number of halogens is 1. The second-order valence-corrected chi connectivity index (χ2v) is 7.61. The molecule has 0 saturated heterocycles. The van der Waals surface area contributed by atoms with Gasteiger partial charge in [0, 0.05) is 23.5 Å². The largest absolute Gasteiger partial charge is 0.489 e. The van der Waals surface area contributed by atoms with Crippen LogP contribution < -0.4 is 10.5 Å². The third kappa shape index (κ3) is 4.97. The van der Waals surface area contributed by atoms with Crippen LogP contribution in [0, 0.1) is 11.8 Å². The third-order valence-electron chi connectivity index (χ3n) is 3.95.